The van der Waals surface area contributed by atoms with E-state index in [2.05, 4.69) is 10.3 Å². The molecular weight excluding hydrogens is 364 g/mol. The molecule has 0 bridgehead atoms. The maximum Gasteiger partial charge on any atom is 0.262 e. The molecule has 1 aromatic carbocycles. The molecule has 3 rings (SSSR count). The monoisotopic (exact) mass is 390 g/mol. The Bertz CT molecular complexity index is 891. The van der Waals surface area contributed by atoms with E-state index >= 15 is 0 Å². The van der Waals surface area contributed by atoms with E-state index in [-0.39, 0.29) is 16.9 Å². The number of benzene rings is 1. The number of imidazole rings is 1. The van der Waals surface area contributed by atoms with Crippen LogP contribution in [0.25, 0.3) is 0 Å². The Hall–Kier alpha value is -2.19. The molecule has 0 atom stereocenters. The molecule has 146 valence electrons. The first-order valence-corrected chi connectivity index (χ1v) is 10.5. The SMILES string of the molecule is Cc1ccc(CNC(=O)C2CCN(S(=O)(=O)c3cn(C)c(C)n3)CC2)cc1. The number of rotatable bonds is 5. The highest BCUT2D eigenvalue weighted by molar-refractivity contribution is 7.89. The Kier molecular flexibility index (Phi) is 5.67. The van der Waals surface area contributed by atoms with Gasteiger partial charge in [0.05, 0.1) is 0 Å². The van der Waals surface area contributed by atoms with Gasteiger partial charge in [-0.3, -0.25) is 4.79 Å². The molecule has 0 unspecified atom stereocenters. The maximum atomic E-state index is 12.7. The second kappa shape index (κ2) is 7.82. The highest BCUT2D eigenvalue weighted by Gasteiger charge is 2.33. The number of hydrogen-bond donors (Lipinski definition) is 1. The summed E-state index contributed by atoms with van der Waals surface area (Å²) in [6.45, 7) is 4.95. The smallest absolute Gasteiger partial charge is 0.262 e. The van der Waals surface area contributed by atoms with Gasteiger partial charge in [0, 0.05) is 38.8 Å². The fraction of sp³-hybridized carbons (Fsp3) is 0.474. The van der Waals surface area contributed by atoms with Crippen LogP contribution in [0.15, 0.2) is 35.5 Å². The van der Waals surface area contributed by atoms with Crippen molar-refractivity contribution in [2.24, 2.45) is 13.0 Å². The highest BCUT2D eigenvalue weighted by Crippen LogP contribution is 2.23. The zero-order chi connectivity index (χ0) is 19.6. The fourth-order valence-electron chi connectivity index (χ4n) is 3.18. The van der Waals surface area contributed by atoms with Crippen LogP contribution < -0.4 is 5.32 Å². The summed E-state index contributed by atoms with van der Waals surface area (Å²) in [6, 6.07) is 8.04. The summed E-state index contributed by atoms with van der Waals surface area (Å²) in [4.78, 5) is 16.6. The summed E-state index contributed by atoms with van der Waals surface area (Å²) in [5, 5.41) is 3.04. The number of piperidine rings is 1. The molecule has 1 amide bonds. The standard InChI is InChI=1S/C19H26N4O3S/c1-14-4-6-16(7-5-14)12-20-19(24)17-8-10-23(11-9-17)27(25,26)18-13-22(3)15(2)21-18/h4-7,13,17H,8-12H2,1-3H3,(H,20,24). The van der Waals surface area contributed by atoms with E-state index in [1.54, 1.807) is 18.5 Å². The third-order valence-corrected chi connectivity index (χ3v) is 6.87. The summed E-state index contributed by atoms with van der Waals surface area (Å²) in [6.07, 6.45) is 2.57. The normalized spacial score (nSPS) is 16.4. The highest BCUT2D eigenvalue weighted by atomic mass is 32.2. The van der Waals surface area contributed by atoms with Crippen LogP contribution in [0.3, 0.4) is 0 Å². The van der Waals surface area contributed by atoms with Crippen LogP contribution in [-0.2, 0) is 28.4 Å². The lowest BCUT2D eigenvalue weighted by Crippen LogP contribution is -2.43. The molecule has 1 fully saturated rings. The largest absolute Gasteiger partial charge is 0.352 e. The minimum Gasteiger partial charge on any atom is -0.352 e. The summed E-state index contributed by atoms with van der Waals surface area (Å²) >= 11 is 0. The Labute approximate surface area is 160 Å². The molecular formula is C19H26N4O3S. The van der Waals surface area contributed by atoms with E-state index in [9.17, 15) is 13.2 Å². The molecule has 0 aliphatic carbocycles. The van der Waals surface area contributed by atoms with Gasteiger partial charge >= 0.3 is 0 Å². The lowest BCUT2D eigenvalue weighted by molar-refractivity contribution is -0.126. The van der Waals surface area contributed by atoms with Crippen LogP contribution in [0.2, 0.25) is 0 Å². The van der Waals surface area contributed by atoms with E-state index in [0.717, 1.165) is 5.56 Å². The van der Waals surface area contributed by atoms with Gasteiger partial charge in [-0.25, -0.2) is 13.4 Å². The number of sulfonamides is 1. The van der Waals surface area contributed by atoms with Gasteiger partial charge in [0.15, 0.2) is 5.03 Å². The number of hydrogen-bond acceptors (Lipinski definition) is 4. The van der Waals surface area contributed by atoms with Crippen molar-refractivity contribution in [1.29, 1.82) is 0 Å². The van der Waals surface area contributed by atoms with Crippen molar-refractivity contribution in [1.82, 2.24) is 19.2 Å². The maximum absolute atomic E-state index is 12.7. The Balaban J connectivity index is 1.54. The molecule has 1 saturated heterocycles. The molecule has 0 spiro atoms. The van der Waals surface area contributed by atoms with Gasteiger partial charge in [-0.05, 0) is 32.3 Å². The Morgan fingerprint density at radius 2 is 1.81 bits per heavy atom. The van der Waals surface area contributed by atoms with Crippen molar-refractivity contribution in [3.8, 4) is 0 Å². The van der Waals surface area contributed by atoms with E-state index in [0.29, 0.717) is 38.3 Å². The van der Waals surface area contributed by atoms with E-state index < -0.39 is 10.0 Å². The van der Waals surface area contributed by atoms with Crippen molar-refractivity contribution in [2.75, 3.05) is 13.1 Å². The quantitative estimate of drug-likeness (QED) is 0.843. The Morgan fingerprint density at radius 1 is 1.19 bits per heavy atom. The predicted octanol–water partition coefficient (Wildman–Crippen LogP) is 1.75. The average Bonchev–Trinajstić information content (AvgIpc) is 3.00. The van der Waals surface area contributed by atoms with Crippen LogP contribution in [0.4, 0.5) is 0 Å². The van der Waals surface area contributed by atoms with E-state index in [4.69, 9.17) is 0 Å². The van der Waals surface area contributed by atoms with Crippen molar-refractivity contribution >= 4 is 15.9 Å². The van der Waals surface area contributed by atoms with Crippen LogP contribution in [0, 0.1) is 19.8 Å². The zero-order valence-corrected chi connectivity index (χ0v) is 16.8. The average molecular weight is 391 g/mol. The van der Waals surface area contributed by atoms with Gasteiger partial charge in [-0.15, -0.1) is 0 Å². The summed E-state index contributed by atoms with van der Waals surface area (Å²) in [5.41, 5.74) is 2.24. The molecule has 1 aliphatic heterocycles. The van der Waals surface area contributed by atoms with E-state index in [1.165, 1.54) is 16.1 Å². The van der Waals surface area contributed by atoms with Crippen molar-refractivity contribution in [3.63, 3.8) is 0 Å². The van der Waals surface area contributed by atoms with Crippen LogP contribution >= 0.6 is 0 Å². The summed E-state index contributed by atoms with van der Waals surface area (Å²) in [7, 11) is -1.83. The van der Waals surface area contributed by atoms with Crippen LogP contribution in [0.5, 0.6) is 0 Å². The molecule has 27 heavy (non-hydrogen) atoms. The van der Waals surface area contributed by atoms with Crippen LogP contribution in [-0.4, -0.2) is 41.3 Å². The molecule has 0 saturated carbocycles. The molecule has 7 nitrogen and oxygen atoms in total. The first kappa shape index (κ1) is 19.6. The van der Waals surface area contributed by atoms with Gasteiger partial charge in [0.2, 0.25) is 5.91 Å². The number of amides is 1. The number of aromatic nitrogens is 2. The van der Waals surface area contributed by atoms with Crippen LogP contribution in [0.1, 0.15) is 29.8 Å². The molecule has 2 heterocycles. The van der Waals surface area contributed by atoms with Crippen molar-refractivity contribution in [2.45, 2.75) is 38.3 Å². The predicted molar refractivity (Wildman–Crippen MR) is 102 cm³/mol. The third kappa shape index (κ3) is 4.39. The number of carbonyl (C=O) groups is 1. The molecule has 1 N–H and O–H groups in total. The molecule has 1 aromatic heterocycles. The first-order chi connectivity index (χ1) is 12.8. The second-order valence-electron chi connectivity index (χ2n) is 7.12. The second-order valence-corrected chi connectivity index (χ2v) is 9.00. The third-order valence-electron chi connectivity index (χ3n) is 5.10. The minimum absolute atomic E-state index is 0.0127. The van der Waals surface area contributed by atoms with Gasteiger partial charge in [0.1, 0.15) is 5.82 Å². The van der Waals surface area contributed by atoms with Crippen molar-refractivity contribution in [3.05, 3.63) is 47.4 Å². The number of aryl methyl sites for hydroxylation is 3. The van der Waals surface area contributed by atoms with Gasteiger partial charge in [-0.1, -0.05) is 29.8 Å². The molecule has 2 aromatic rings. The number of nitrogens with one attached hydrogen (secondary N) is 1. The lowest BCUT2D eigenvalue weighted by Gasteiger charge is -2.29. The fourth-order valence-corrected chi connectivity index (χ4v) is 4.68. The number of carbonyl (C=O) groups excluding carboxylic acids is 1. The topological polar surface area (TPSA) is 84.3 Å². The molecule has 1 aliphatic rings. The van der Waals surface area contributed by atoms with Crippen molar-refractivity contribution < 1.29 is 13.2 Å². The number of nitrogens with zero attached hydrogens (tertiary/aromatic N) is 3. The minimum atomic E-state index is -3.60. The van der Waals surface area contributed by atoms with Gasteiger partial charge in [0.25, 0.3) is 10.0 Å². The van der Waals surface area contributed by atoms with Gasteiger partial charge in [-0.2, -0.15) is 4.31 Å². The zero-order valence-electron chi connectivity index (χ0n) is 16.0. The lowest BCUT2D eigenvalue weighted by atomic mass is 9.97. The summed E-state index contributed by atoms with van der Waals surface area (Å²) < 4.78 is 28.6. The Morgan fingerprint density at radius 3 is 2.37 bits per heavy atom. The summed E-state index contributed by atoms with van der Waals surface area (Å²) in [5.74, 6) is 0.479. The van der Waals surface area contributed by atoms with E-state index in [1.807, 2.05) is 31.2 Å². The molecule has 0 radical (unpaired) electrons. The van der Waals surface area contributed by atoms with Gasteiger partial charge < -0.3 is 9.88 Å². The first-order valence-electron chi connectivity index (χ1n) is 9.11. The molecule has 8 heteroatoms.